The van der Waals surface area contributed by atoms with E-state index in [4.69, 9.17) is 5.73 Å². The number of alkyl halides is 3. The molecule has 15 heavy (non-hydrogen) atoms. The fourth-order valence-electron chi connectivity index (χ4n) is 1.58. The fraction of sp³-hybridized carbons (Fsp3) is 0.455. The Morgan fingerprint density at radius 3 is 2.40 bits per heavy atom. The van der Waals surface area contributed by atoms with Crippen LogP contribution in [0, 0.1) is 6.92 Å². The molecule has 0 aliphatic heterocycles. The molecule has 0 amide bonds. The Balaban J connectivity index is 3.23. The molecule has 0 radical (unpaired) electrons. The van der Waals surface area contributed by atoms with E-state index in [0.717, 1.165) is 6.07 Å². The summed E-state index contributed by atoms with van der Waals surface area (Å²) in [5, 5.41) is 0. The summed E-state index contributed by atoms with van der Waals surface area (Å²) in [5.41, 5.74) is 5.96. The van der Waals surface area contributed by atoms with Crippen molar-refractivity contribution in [2.45, 2.75) is 32.5 Å². The van der Waals surface area contributed by atoms with Crippen LogP contribution in [0.3, 0.4) is 0 Å². The number of rotatable bonds is 2. The monoisotopic (exact) mass is 217 g/mol. The second-order valence-electron chi connectivity index (χ2n) is 3.53. The molecule has 1 aromatic rings. The molecule has 2 N–H and O–H groups in total. The van der Waals surface area contributed by atoms with E-state index in [1.807, 2.05) is 6.92 Å². The van der Waals surface area contributed by atoms with Gasteiger partial charge in [0, 0.05) is 6.04 Å². The summed E-state index contributed by atoms with van der Waals surface area (Å²) in [5.74, 6) is 0. The first kappa shape index (κ1) is 12.0. The Morgan fingerprint density at radius 2 is 1.93 bits per heavy atom. The Bertz CT molecular complexity index is 344. The molecule has 1 atom stereocenters. The van der Waals surface area contributed by atoms with Gasteiger partial charge in [0.1, 0.15) is 0 Å². The summed E-state index contributed by atoms with van der Waals surface area (Å²) in [4.78, 5) is 0. The average Bonchev–Trinajstić information content (AvgIpc) is 2.15. The van der Waals surface area contributed by atoms with Crippen LogP contribution in [0.5, 0.6) is 0 Å². The Hall–Kier alpha value is -1.03. The van der Waals surface area contributed by atoms with Crippen LogP contribution in [0.4, 0.5) is 13.2 Å². The SMILES string of the molecule is CC[C@H](N)c1cccc(C(F)(F)F)c1C. The van der Waals surface area contributed by atoms with Crippen LogP contribution in [0.25, 0.3) is 0 Å². The van der Waals surface area contributed by atoms with Crippen molar-refractivity contribution in [1.29, 1.82) is 0 Å². The van der Waals surface area contributed by atoms with Gasteiger partial charge in [-0.25, -0.2) is 0 Å². The largest absolute Gasteiger partial charge is 0.416 e. The van der Waals surface area contributed by atoms with Crippen LogP contribution in [-0.2, 0) is 6.18 Å². The molecule has 0 fully saturated rings. The van der Waals surface area contributed by atoms with E-state index in [1.54, 1.807) is 6.07 Å². The van der Waals surface area contributed by atoms with Crippen molar-refractivity contribution in [3.05, 3.63) is 34.9 Å². The van der Waals surface area contributed by atoms with Gasteiger partial charge in [-0.15, -0.1) is 0 Å². The molecule has 0 heterocycles. The van der Waals surface area contributed by atoms with Crippen LogP contribution in [0.2, 0.25) is 0 Å². The van der Waals surface area contributed by atoms with Gasteiger partial charge in [0.2, 0.25) is 0 Å². The molecule has 0 unspecified atom stereocenters. The lowest BCUT2D eigenvalue weighted by Crippen LogP contribution is -2.14. The minimum Gasteiger partial charge on any atom is -0.324 e. The Labute approximate surface area is 87.1 Å². The molecular formula is C11H14F3N. The van der Waals surface area contributed by atoms with Crippen LogP contribution in [0.1, 0.15) is 36.1 Å². The van der Waals surface area contributed by atoms with Gasteiger partial charge in [-0.2, -0.15) is 13.2 Å². The smallest absolute Gasteiger partial charge is 0.324 e. The van der Waals surface area contributed by atoms with Gasteiger partial charge in [-0.05, 0) is 30.5 Å². The summed E-state index contributed by atoms with van der Waals surface area (Å²) < 4.78 is 37.7. The van der Waals surface area contributed by atoms with Gasteiger partial charge in [0.15, 0.2) is 0 Å². The van der Waals surface area contributed by atoms with Gasteiger partial charge >= 0.3 is 6.18 Å². The highest BCUT2D eigenvalue weighted by Crippen LogP contribution is 2.34. The fourth-order valence-corrected chi connectivity index (χ4v) is 1.58. The molecule has 0 saturated heterocycles. The van der Waals surface area contributed by atoms with Crippen LogP contribution in [-0.4, -0.2) is 0 Å². The number of hydrogen-bond donors (Lipinski definition) is 1. The van der Waals surface area contributed by atoms with E-state index in [2.05, 4.69) is 0 Å². The molecule has 0 bridgehead atoms. The lowest BCUT2D eigenvalue weighted by Gasteiger charge is -2.17. The predicted octanol–water partition coefficient (Wildman–Crippen LogP) is 3.42. The highest BCUT2D eigenvalue weighted by atomic mass is 19.4. The van der Waals surface area contributed by atoms with Gasteiger partial charge in [-0.3, -0.25) is 0 Å². The van der Waals surface area contributed by atoms with Crippen molar-refractivity contribution in [2.75, 3.05) is 0 Å². The zero-order valence-corrected chi connectivity index (χ0v) is 8.73. The van der Waals surface area contributed by atoms with E-state index >= 15 is 0 Å². The topological polar surface area (TPSA) is 26.0 Å². The minimum atomic E-state index is -4.30. The van der Waals surface area contributed by atoms with Crippen LogP contribution in [0.15, 0.2) is 18.2 Å². The average molecular weight is 217 g/mol. The van der Waals surface area contributed by atoms with Gasteiger partial charge in [0.25, 0.3) is 0 Å². The summed E-state index contributed by atoms with van der Waals surface area (Å²) in [7, 11) is 0. The quantitative estimate of drug-likeness (QED) is 0.807. The van der Waals surface area contributed by atoms with E-state index in [1.165, 1.54) is 13.0 Å². The summed E-state index contributed by atoms with van der Waals surface area (Å²) in [6.45, 7) is 3.32. The van der Waals surface area contributed by atoms with Crippen molar-refractivity contribution in [2.24, 2.45) is 5.73 Å². The first-order valence-electron chi connectivity index (χ1n) is 4.80. The van der Waals surface area contributed by atoms with Crippen LogP contribution < -0.4 is 5.73 Å². The number of benzene rings is 1. The highest BCUT2D eigenvalue weighted by Gasteiger charge is 2.33. The molecule has 4 heteroatoms. The second-order valence-corrected chi connectivity index (χ2v) is 3.53. The summed E-state index contributed by atoms with van der Waals surface area (Å²) >= 11 is 0. The molecule has 1 nitrogen and oxygen atoms in total. The lowest BCUT2D eigenvalue weighted by molar-refractivity contribution is -0.138. The van der Waals surface area contributed by atoms with E-state index < -0.39 is 11.7 Å². The van der Waals surface area contributed by atoms with E-state index in [0.29, 0.717) is 12.0 Å². The maximum Gasteiger partial charge on any atom is 0.416 e. The van der Waals surface area contributed by atoms with Crippen molar-refractivity contribution in [3.63, 3.8) is 0 Å². The van der Waals surface area contributed by atoms with Gasteiger partial charge in [0.05, 0.1) is 5.56 Å². The third-order valence-electron chi connectivity index (χ3n) is 2.52. The third kappa shape index (κ3) is 2.50. The summed E-state index contributed by atoms with van der Waals surface area (Å²) in [6, 6.07) is 3.81. The Morgan fingerprint density at radius 1 is 1.33 bits per heavy atom. The molecule has 0 saturated carbocycles. The molecule has 0 aromatic heterocycles. The second kappa shape index (κ2) is 4.23. The molecule has 84 valence electrons. The van der Waals surface area contributed by atoms with E-state index in [9.17, 15) is 13.2 Å². The summed E-state index contributed by atoms with van der Waals surface area (Å²) in [6.07, 6.45) is -3.67. The predicted molar refractivity (Wildman–Crippen MR) is 53.4 cm³/mol. The molecular weight excluding hydrogens is 203 g/mol. The van der Waals surface area contributed by atoms with Crippen LogP contribution >= 0.6 is 0 Å². The zero-order valence-electron chi connectivity index (χ0n) is 8.73. The minimum absolute atomic E-state index is 0.236. The molecule has 0 aliphatic carbocycles. The lowest BCUT2D eigenvalue weighted by atomic mass is 9.96. The number of hydrogen-bond acceptors (Lipinski definition) is 1. The molecule has 1 rings (SSSR count). The maximum atomic E-state index is 12.6. The van der Waals surface area contributed by atoms with Crippen molar-refractivity contribution >= 4 is 0 Å². The first-order chi connectivity index (χ1) is 6.88. The van der Waals surface area contributed by atoms with E-state index in [-0.39, 0.29) is 11.6 Å². The Kier molecular flexibility index (Phi) is 3.39. The molecule has 0 aliphatic rings. The van der Waals surface area contributed by atoms with Crippen molar-refractivity contribution < 1.29 is 13.2 Å². The maximum absolute atomic E-state index is 12.6. The zero-order chi connectivity index (χ0) is 11.6. The van der Waals surface area contributed by atoms with Crippen molar-refractivity contribution in [3.8, 4) is 0 Å². The first-order valence-corrected chi connectivity index (χ1v) is 4.80. The molecule has 1 aromatic carbocycles. The number of halogens is 3. The number of nitrogens with two attached hydrogens (primary N) is 1. The van der Waals surface area contributed by atoms with Crippen molar-refractivity contribution in [1.82, 2.24) is 0 Å². The molecule has 0 spiro atoms. The third-order valence-corrected chi connectivity index (χ3v) is 2.52. The highest BCUT2D eigenvalue weighted by molar-refractivity contribution is 5.37. The standard InChI is InChI=1S/C11H14F3N/c1-3-10(15)8-5-4-6-9(7(8)2)11(12,13)14/h4-6,10H,3,15H2,1-2H3/t10-/m0/s1. The van der Waals surface area contributed by atoms with Gasteiger partial charge < -0.3 is 5.73 Å². The van der Waals surface area contributed by atoms with Gasteiger partial charge in [-0.1, -0.05) is 19.1 Å². The normalized spacial score (nSPS) is 14.0.